The van der Waals surface area contributed by atoms with E-state index >= 15 is 0 Å². The summed E-state index contributed by atoms with van der Waals surface area (Å²) in [6, 6.07) is 14.5. The maximum Gasteiger partial charge on any atom is 0.338 e. The number of hydrogen-bond acceptors (Lipinski definition) is 5. The van der Waals surface area contributed by atoms with Crippen LogP contribution in [-0.4, -0.2) is 46.8 Å². The third-order valence-electron chi connectivity index (χ3n) is 5.19. The first-order valence-electron chi connectivity index (χ1n) is 9.89. The van der Waals surface area contributed by atoms with Gasteiger partial charge in [0.2, 0.25) is 0 Å². The van der Waals surface area contributed by atoms with E-state index in [4.69, 9.17) is 4.74 Å². The van der Waals surface area contributed by atoms with Gasteiger partial charge in [0.05, 0.1) is 23.9 Å². The average Bonchev–Trinajstić information content (AvgIpc) is 3.17. The van der Waals surface area contributed by atoms with Gasteiger partial charge in [0.1, 0.15) is 0 Å². The van der Waals surface area contributed by atoms with Gasteiger partial charge < -0.3 is 10.1 Å². The van der Waals surface area contributed by atoms with Crippen molar-refractivity contribution in [3.8, 4) is 0 Å². The molecule has 1 aliphatic heterocycles. The van der Waals surface area contributed by atoms with Crippen molar-refractivity contribution in [2.75, 3.05) is 25.0 Å². The number of nitrogens with one attached hydrogen (secondary N) is 2. The predicted octanol–water partition coefficient (Wildman–Crippen LogP) is 3.82. The monoisotopic (exact) mass is 378 g/mol. The molecule has 6 heteroatoms. The van der Waals surface area contributed by atoms with Crippen LogP contribution in [-0.2, 0) is 11.3 Å². The normalized spacial score (nSPS) is 17.5. The lowest BCUT2D eigenvalue weighted by Crippen LogP contribution is -2.41. The van der Waals surface area contributed by atoms with Gasteiger partial charge in [-0.3, -0.25) is 10.00 Å². The fraction of sp³-hybridized carbons (Fsp3) is 0.364. The molecule has 4 rings (SSSR count). The van der Waals surface area contributed by atoms with Crippen LogP contribution in [0.15, 0.2) is 48.7 Å². The van der Waals surface area contributed by atoms with E-state index < -0.39 is 0 Å². The fourth-order valence-corrected chi connectivity index (χ4v) is 3.80. The molecule has 0 bridgehead atoms. The summed E-state index contributed by atoms with van der Waals surface area (Å²) in [5.74, 6) is -0.258. The molecule has 1 unspecified atom stereocenters. The average molecular weight is 378 g/mol. The number of H-pyrrole nitrogens is 1. The number of piperidine rings is 1. The second-order valence-electron chi connectivity index (χ2n) is 7.31. The van der Waals surface area contributed by atoms with Gasteiger partial charge in [-0.1, -0.05) is 12.1 Å². The molecule has 1 fully saturated rings. The lowest BCUT2D eigenvalue weighted by atomic mass is 10.0. The number of fused-ring (bicyclic) bond motifs is 1. The van der Waals surface area contributed by atoms with Crippen LogP contribution in [0.5, 0.6) is 0 Å². The van der Waals surface area contributed by atoms with Crippen molar-refractivity contribution < 1.29 is 9.53 Å². The molecule has 2 aromatic carbocycles. The Labute approximate surface area is 164 Å². The Morgan fingerprint density at radius 2 is 2.14 bits per heavy atom. The van der Waals surface area contributed by atoms with Crippen LogP contribution in [0.4, 0.5) is 5.69 Å². The number of rotatable bonds is 6. The maximum absolute atomic E-state index is 11.8. The summed E-state index contributed by atoms with van der Waals surface area (Å²) < 4.78 is 5.05. The Kier molecular flexibility index (Phi) is 5.58. The topological polar surface area (TPSA) is 70.2 Å². The van der Waals surface area contributed by atoms with Gasteiger partial charge in [-0.15, -0.1) is 0 Å². The molecule has 1 saturated heterocycles. The Morgan fingerprint density at radius 3 is 2.96 bits per heavy atom. The van der Waals surface area contributed by atoms with Crippen LogP contribution < -0.4 is 5.32 Å². The van der Waals surface area contributed by atoms with Gasteiger partial charge in [-0.25, -0.2) is 4.79 Å². The number of anilines is 1. The molecule has 1 aromatic heterocycles. The largest absolute Gasteiger partial charge is 0.462 e. The zero-order chi connectivity index (χ0) is 19.3. The second kappa shape index (κ2) is 8.44. The smallest absolute Gasteiger partial charge is 0.338 e. The highest BCUT2D eigenvalue weighted by molar-refractivity contribution is 5.89. The van der Waals surface area contributed by atoms with E-state index in [0.717, 1.165) is 36.2 Å². The van der Waals surface area contributed by atoms with Gasteiger partial charge in [-0.2, -0.15) is 5.10 Å². The first-order chi connectivity index (χ1) is 13.7. The molecule has 0 spiro atoms. The van der Waals surface area contributed by atoms with E-state index in [1.54, 1.807) is 0 Å². The van der Waals surface area contributed by atoms with Crippen molar-refractivity contribution >= 4 is 22.6 Å². The van der Waals surface area contributed by atoms with Gasteiger partial charge in [-0.05, 0) is 62.2 Å². The van der Waals surface area contributed by atoms with Crippen molar-refractivity contribution in [2.24, 2.45) is 0 Å². The minimum Gasteiger partial charge on any atom is -0.462 e. The summed E-state index contributed by atoms with van der Waals surface area (Å²) in [7, 11) is 0. The number of aromatic amines is 1. The lowest BCUT2D eigenvalue weighted by molar-refractivity contribution is 0.0526. The zero-order valence-electron chi connectivity index (χ0n) is 16.1. The highest BCUT2D eigenvalue weighted by Crippen LogP contribution is 2.21. The van der Waals surface area contributed by atoms with Gasteiger partial charge >= 0.3 is 5.97 Å². The van der Waals surface area contributed by atoms with Crippen molar-refractivity contribution in [3.63, 3.8) is 0 Å². The summed E-state index contributed by atoms with van der Waals surface area (Å²) in [4.78, 5) is 14.2. The maximum atomic E-state index is 11.8. The van der Waals surface area contributed by atoms with Crippen LogP contribution >= 0.6 is 0 Å². The predicted molar refractivity (Wildman–Crippen MR) is 110 cm³/mol. The number of carbonyl (C=O) groups excluding carboxylic acids is 1. The lowest BCUT2D eigenvalue weighted by Gasteiger charge is -2.33. The molecule has 1 atom stereocenters. The van der Waals surface area contributed by atoms with Crippen LogP contribution in [0.25, 0.3) is 10.9 Å². The van der Waals surface area contributed by atoms with Gasteiger partial charge in [0.15, 0.2) is 0 Å². The van der Waals surface area contributed by atoms with E-state index in [-0.39, 0.29) is 5.97 Å². The van der Waals surface area contributed by atoms with E-state index in [0.29, 0.717) is 18.2 Å². The third kappa shape index (κ3) is 4.34. The quantitative estimate of drug-likeness (QED) is 0.638. The molecular weight excluding hydrogens is 352 g/mol. The number of ether oxygens (including phenoxy) is 1. The number of carbonyl (C=O) groups is 1. The van der Waals surface area contributed by atoms with Crippen molar-refractivity contribution in [1.29, 1.82) is 0 Å². The zero-order valence-corrected chi connectivity index (χ0v) is 16.1. The fourth-order valence-electron chi connectivity index (χ4n) is 3.80. The van der Waals surface area contributed by atoms with E-state index in [2.05, 4.69) is 38.6 Å². The molecule has 0 amide bonds. The Hall–Kier alpha value is -2.86. The third-order valence-corrected chi connectivity index (χ3v) is 5.19. The summed E-state index contributed by atoms with van der Waals surface area (Å²) in [6.45, 7) is 5.21. The molecule has 1 aliphatic rings. The minimum atomic E-state index is -0.258. The summed E-state index contributed by atoms with van der Waals surface area (Å²) in [6.07, 6.45) is 4.20. The Bertz CT molecular complexity index is 935. The van der Waals surface area contributed by atoms with E-state index in [1.165, 1.54) is 18.4 Å². The number of esters is 1. The van der Waals surface area contributed by atoms with Crippen LogP contribution in [0.1, 0.15) is 35.7 Å². The highest BCUT2D eigenvalue weighted by Gasteiger charge is 2.20. The summed E-state index contributed by atoms with van der Waals surface area (Å²) in [5.41, 5.74) is 4.02. The first kappa shape index (κ1) is 18.5. The SMILES string of the molecule is CCOC(=O)c1ccc(CN2CCCC(Nc3ccc4[nH]ncc4c3)C2)cc1. The van der Waals surface area contributed by atoms with Crippen LogP contribution in [0.3, 0.4) is 0 Å². The second-order valence-corrected chi connectivity index (χ2v) is 7.31. The van der Waals surface area contributed by atoms with E-state index in [1.807, 2.05) is 37.4 Å². The Morgan fingerprint density at radius 1 is 1.29 bits per heavy atom. The molecule has 2 heterocycles. The molecule has 0 saturated carbocycles. The molecule has 3 aromatic rings. The molecular formula is C22H26N4O2. The van der Waals surface area contributed by atoms with Crippen LogP contribution in [0.2, 0.25) is 0 Å². The molecule has 0 aliphatic carbocycles. The number of likely N-dealkylation sites (tertiary alicyclic amines) is 1. The van der Waals surface area contributed by atoms with Crippen molar-refractivity contribution in [1.82, 2.24) is 15.1 Å². The van der Waals surface area contributed by atoms with Crippen molar-refractivity contribution in [3.05, 3.63) is 59.8 Å². The number of benzene rings is 2. The standard InChI is InChI=1S/C22H26N4O2/c1-2-28-22(27)17-7-5-16(6-8-17)14-26-11-3-4-20(15-26)24-19-9-10-21-18(12-19)13-23-25-21/h5-10,12-13,20,24H,2-4,11,14-15H2,1H3,(H,23,25). The summed E-state index contributed by atoms with van der Waals surface area (Å²) >= 11 is 0. The molecule has 0 radical (unpaired) electrons. The van der Waals surface area contributed by atoms with Gasteiger partial charge in [0, 0.05) is 30.2 Å². The van der Waals surface area contributed by atoms with E-state index in [9.17, 15) is 4.79 Å². The molecule has 2 N–H and O–H groups in total. The van der Waals surface area contributed by atoms with Crippen molar-refractivity contribution in [2.45, 2.75) is 32.4 Å². The molecule has 28 heavy (non-hydrogen) atoms. The molecule has 146 valence electrons. The van der Waals surface area contributed by atoms with Gasteiger partial charge in [0.25, 0.3) is 0 Å². The minimum absolute atomic E-state index is 0.258. The number of hydrogen-bond donors (Lipinski definition) is 2. The number of aromatic nitrogens is 2. The van der Waals surface area contributed by atoms with Crippen LogP contribution in [0, 0.1) is 0 Å². The highest BCUT2D eigenvalue weighted by atomic mass is 16.5. The Balaban J connectivity index is 1.35. The first-order valence-corrected chi connectivity index (χ1v) is 9.89. The number of nitrogens with zero attached hydrogens (tertiary/aromatic N) is 2. The molecule has 6 nitrogen and oxygen atoms in total. The summed E-state index contributed by atoms with van der Waals surface area (Å²) in [5, 5.41) is 11.9.